The summed E-state index contributed by atoms with van der Waals surface area (Å²) < 4.78 is 0. The molecule has 18 heavy (non-hydrogen) atoms. The van der Waals surface area contributed by atoms with Crippen LogP contribution in [0.4, 0.5) is 0 Å². The number of nitrogens with one attached hydrogen (secondary N) is 1. The molecule has 0 unspecified atom stereocenters. The van der Waals surface area contributed by atoms with Crippen molar-refractivity contribution in [1.82, 2.24) is 10.2 Å². The standard InChI is InChI=1S/C13H10N4O/c1-7-13(8(2)17-16-7)11-3-9(5-14)10(6-15)4-12(11)18/h3-4,18H,1-2H3,(H,16,17). The molecule has 0 saturated heterocycles. The highest BCUT2D eigenvalue weighted by molar-refractivity contribution is 5.76. The number of nitriles is 2. The van der Waals surface area contributed by atoms with E-state index in [0.717, 1.165) is 17.0 Å². The summed E-state index contributed by atoms with van der Waals surface area (Å²) in [6.45, 7) is 3.64. The van der Waals surface area contributed by atoms with Gasteiger partial charge < -0.3 is 5.11 Å². The number of hydrogen-bond acceptors (Lipinski definition) is 4. The number of H-pyrrole nitrogens is 1. The van der Waals surface area contributed by atoms with Crippen molar-refractivity contribution in [3.8, 4) is 29.0 Å². The van der Waals surface area contributed by atoms with Gasteiger partial charge in [-0.3, -0.25) is 5.10 Å². The predicted molar refractivity (Wildman–Crippen MR) is 64.6 cm³/mol. The number of benzene rings is 1. The monoisotopic (exact) mass is 238 g/mol. The van der Waals surface area contributed by atoms with Gasteiger partial charge in [0.25, 0.3) is 0 Å². The molecule has 0 saturated carbocycles. The number of aryl methyl sites for hydroxylation is 2. The summed E-state index contributed by atoms with van der Waals surface area (Å²) in [5, 5.41) is 34.7. The highest BCUT2D eigenvalue weighted by atomic mass is 16.3. The van der Waals surface area contributed by atoms with E-state index in [-0.39, 0.29) is 16.9 Å². The summed E-state index contributed by atoms with van der Waals surface area (Å²) in [5.41, 5.74) is 3.21. The molecule has 0 aliphatic heterocycles. The second-order valence-corrected chi connectivity index (χ2v) is 3.95. The van der Waals surface area contributed by atoms with Crippen LogP contribution in [0.5, 0.6) is 5.75 Å². The summed E-state index contributed by atoms with van der Waals surface area (Å²) in [7, 11) is 0. The molecular weight excluding hydrogens is 228 g/mol. The van der Waals surface area contributed by atoms with Gasteiger partial charge >= 0.3 is 0 Å². The van der Waals surface area contributed by atoms with Crippen molar-refractivity contribution in [3.63, 3.8) is 0 Å². The fraction of sp³-hybridized carbons (Fsp3) is 0.154. The van der Waals surface area contributed by atoms with Gasteiger partial charge in [-0.05, 0) is 26.0 Å². The highest BCUT2D eigenvalue weighted by Crippen LogP contribution is 2.34. The van der Waals surface area contributed by atoms with E-state index in [2.05, 4.69) is 10.2 Å². The first kappa shape index (κ1) is 11.7. The molecule has 0 bridgehead atoms. The van der Waals surface area contributed by atoms with Crippen molar-refractivity contribution in [3.05, 3.63) is 34.6 Å². The second-order valence-electron chi connectivity index (χ2n) is 3.95. The minimum atomic E-state index is -0.0295. The van der Waals surface area contributed by atoms with Gasteiger partial charge in [-0.15, -0.1) is 0 Å². The SMILES string of the molecule is Cc1n[nH]c(C)c1-c1cc(C#N)c(C#N)cc1O. The zero-order valence-electron chi connectivity index (χ0n) is 9.94. The first-order valence-electron chi connectivity index (χ1n) is 5.27. The second kappa shape index (κ2) is 4.23. The molecule has 1 heterocycles. The minimum Gasteiger partial charge on any atom is -0.507 e. The molecule has 0 aliphatic rings. The van der Waals surface area contributed by atoms with Crippen LogP contribution >= 0.6 is 0 Å². The molecule has 5 nitrogen and oxygen atoms in total. The summed E-state index contributed by atoms with van der Waals surface area (Å²) in [6.07, 6.45) is 0. The van der Waals surface area contributed by atoms with E-state index in [1.165, 1.54) is 12.1 Å². The van der Waals surface area contributed by atoms with E-state index in [1.807, 2.05) is 26.0 Å². The third-order valence-corrected chi connectivity index (χ3v) is 2.77. The maximum absolute atomic E-state index is 9.96. The topological polar surface area (TPSA) is 96.5 Å². The minimum absolute atomic E-state index is 0.0295. The Morgan fingerprint density at radius 1 is 1.17 bits per heavy atom. The van der Waals surface area contributed by atoms with Gasteiger partial charge in [0.15, 0.2) is 0 Å². The van der Waals surface area contributed by atoms with Gasteiger partial charge in [-0.1, -0.05) is 0 Å². The average molecular weight is 238 g/mol. The van der Waals surface area contributed by atoms with E-state index in [1.54, 1.807) is 0 Å². The van der Waals surface area contributed by atoms with E-state index >= 15 is 0 Å². The van der Waals surface area contributed by atoms with Crippen LogP contribution in [0.3, 0.4) is 0 Å². The van der Waals surface area contributed by atoms with Crippen molar-refractivity contribution in [2.45, 2.75) is 13.8 Å². The predicted octanol–water partition coefficient (Wildman–Crippen LogP) is 2.14. The Morgan fingerprint density at radius 3 is 2.28 bits per heavy atom. The lowest BCUT2D eigenvalue weighted by atomic mass is 9.97. The van der Waals surface area contributed by atoms with Gasteiger partial charge in [0.1, 0.15) is 17.9 Å². The van der Waals surface area contributed by atoms with Gasteiger partial charge in [0, 0.05) is 16.8 Å². The molecule has 0 aliphatic carbocycles. The Kier molecular flexibility index (Phi) is 2.75. The van der Waals surface area contributed by atoms with Crippen molar-refractivity contribution < 1.29 is 5.11 Å². The molecule has 2 N–H and O–H groups in total. The molecule has 2 rings (SSSR count). The van der Waals surface area contributed by atoms with Gasteiger partial charge in [0.05, 0.1) is 16.8 Å². The van der Waals surface area contributed by atoms with Gasteiger partial charge in [-0.2, -0.15) is 15.6 Å². The molecule has 0 amide bonds. The lowest BCUT2D eigenvalue weighted by molar-refractivity contribution is 0.477. The average Bonchev–Trinajstić information content (AvgIpc) is 2.69. The van der Waals surface area contributed by atoms with Crippen LogP contribution in [-0.2, 0) is 0 Å². The van der Waals surface area contributed by atoms with Crippen molar-refractivity contribution >= 4 is 0 Å². The quantitative estimate of drug-likeness (QED) is 0.795. The Morgan fingerprint density at radius 2 is 1.78 bits per heavy atom. The Labute approximate surface area is 104 Å². The largest absolute Gasteiger partial charge is 0.507 e. The molecule has 0 radical (unpaired) electrons. The van der Waals surface area contributed by atoms with Crippen LogP contribution in [0.25, 0.3) is 11.1 Å². The fourth-order valence-corrected chi connectivity index (χ4v) is 1.92. The molecule has 0 spiro atoms. The first-order valence-corrected chi connectivity index (χ1v) is 5.27. The molecule has 0 atom stereocenters. The number of aromatic hydroxyl groups is 1. The molecule has 1 aromatic heterocycles. The zero-order valence-corrected chi connectivity index (χ0v) is 9.94. The lowest BCUT2D eigenvalue weighted by Gasteiger charge is -2.06. The van der Waals surface area contributed by atoms with E-state index in [4.69, 9.17) is 10.5 Å². The van der Waals surface area contributed by atoms with E-state index in [9.17, 15) is 5.11 Å². The van der Waals surface area contributed by atoms with Crippen LogP contribution in [-0.4, -0.2) is 15.3 Å². The summed E-state index contributed by atoms with van der Waals surface area (Å²) in [5.74, 6) is -0.0295. The zero-order chi connectivity index (χ0) is 13.3. The Bertz CT molecular complexity index is 682. The maximum Gasteiger partial charge on any atom is 0.124 e. The molecule has 88 valence electrons. The number of aromatic amines is 1. The molecule has 5 heteroatoms. The third-order valence-electron chi connectivity index (χ3n) is 2.77. The number of hydrogen-bond donors (Lipinski definition) is 2. The highest BCUT2D eigenvalue weighted by Gasteiger charge is 2.16. The van der Waals surface area contributed by atoms with Gasteiger partial charge in [0.2, 0.25) is 0 Å². The lowest BCUT2D eigenvalue weighted by Crippen LogP contribution is -1.89. The number of rotatable bonds is 1. The number of aromatic nitrogens is 2. The van der Waals surface area contributed by atoms with Crippen molar-refractivity contribution in [1.29, 1.82) is 10.5 Å². The number of nitrogens with zero attached hydrogens (tertiary/aromatic N) is 3. The third kappa shape index (κ3) is 1.68. The normalized spacial score (nSPS) is 9.78. The first-order chi connectivity index (χ1) is 8.58. The van der Waals surface area contributed by atoms with Crippen molar-refractivity contribution in [2.24, 2.45) is 0 Å². The van der Waals surface area contributed by atoms with E-state index < -0.39 is 0 Å². The summed E-state index contributed by atoms with van der Waals surface area (Å²) >= 11 is 0. The maximum atomic E-state index is 9.96. The van der Waals surface area contributed by atoms with E-state index in [0.29, 0.717) is 5.56 Å². The smallest absolute Gasteiger partial charge is 0.124 e. The van der Waals surface area contributed by atoms with Crippen LogP contribution in [0.2, 0.25) is 0 Å². The molecule has 2 aromatic rings. The Hall–Kier alpha value is -2.79. The number of phenolic OH excluding ortho intramolecular Hbond substituents is 1. The van der Waals surface area contributed by atoms with Crippen LogP contribution < -0.4 is 0 Å². The van der Waals surface area contributed by atoms with Crippen LogP contribution in [0.15, 0.2) is 12.1 Å². The van der Waals surface area contributed by atoms with Crippen molar-refractivity contribution in [2.75, 3.05) is 0 Å². The van der Waals surface area contributed by atoms with Crippen LogP contribution in [0, 0.1) is 36.5 Å². The summed E-state index contributed by atoms with van der Waals surface area (Å²) in [4.78, 5) is 0. The fourth-order valence-electron chi connectivity index (χ4n) is 1.92. The van der Waals surface area contributed by atoms with Crippen LogP contribution in [0.1, 0.15) is 22.5 Å². The molecule has 0 fully saturated rings. The molecular formula is C13H10N4O. The Balaban J connectivity index is 2.75. The summed E-state index contributed by atoms with van der Waals surface area (Å²) in [6, 6.07) is 6.65. The number of phenols is 1. The van der Waals surface area contributed by atoms with Gasteiger partial charge in [-0.25, -0.2) is 0 Å². The molecule has 1 aromatic carbocycles.